The topological polar surface area (TPSA) is 65.5 Å². The van der Waals surface area contributed by atoms with Gasteiger partial charge in [0.15, 0.2) is 0 Å². The van der Waals surface area contributed by atoms with Crippen LogP contribution in [0.5, 0.6) is 0 Å². The second-order valence-corrected chi connectivity index (χ2v) is 5.73. The Labute approximate surface area is 129 Å². The van der Waals surface area contributed by atoms with Gasteiger partial charge in [0.05, 0.1) is 6.54 Å². The van der Waals surface area contributed by atoms with E-state index in [9.17, 15) is 9.59 Å². The highest BCUT2D eigenvalue weighted by Gasteiger charge is 2.30. The Morgan fingerprint density at radius 1 is 1.23 bits per heavy atom. The predicted octanol–water partition coefficient (Wildman–Crippen LogP) is 0.445. The number of carbonyl (C=O) groups is 1. The minimum Gasteiger partial charge on any atom is -0.376 e. The zero-order valence-electron chi connectivity index (χ0n) is 12.5. The maximum absolute atomic E-state index is 12.6. The highest BCUT2D eigenvalue weighted by atomic mass is 16.2. The van der Waals surface area contributed by atoms with Gasteiger partial charge in [-0.1, -0.05) is 0 Å². The van der Waals surface area contributed by atoms with E-state index in [2.05, 4.69) is 15.2 Å². The van der Waals surface area contributed by atoms with Gasteiger partial charge in [-0.2, -0.15) is 0 Å². The quantitative estimate of drug-likeness (QED) is 0.803. The molecule has 3 rings (SSSR count). The first kappa shape index (κ1) is 14.6. The molecule has 2 saturated heterocycles. The van der Waals surface area contributed by atoms with Crippen LogP contribution >= 0.6 is 0 Å². The minimum atomic E-state index is 0.0593. The summed E-state index contributed by atoms with van der Waals surface area (Å²) in [4.78, 5) is 31.4. The molecule has 1 aromatic heterocycles. The minimum absolute atomic E-state index is 0.0593. The van der Waals surface area contributed by atoms with Crippen molar-refractivity contribution in [3.63, 3.8) is 0 Å². The molecule has 22 heavy (non-hydrogen) atoms. The second kappa shape index (κ2) is 6.62. The number of hydrogen-bond acceptors (Lipinski definition) is 5. The summed E-state index contributed by atoms with van der Waals surface area (Å²) in [6, 6.07) is 4.00. The summed E-state index contributed by atoms with van der Waals surface area (Å²) in [5, 5.41) is 2.97. The van der Waals surface area contributed by atoms with Gasteiger partial charge in [0.25, 0.3) is 0 Å². The Bertz CT molecular complexity index is 575. The molecule has 2 aliphatic heterocycles. The Kier molecular flexibility index (Phi) is 4.39. The molecular weight excluding hydrogens is 280 g/mol. The van der Waals surface area contributed by atoms with Gasteiger partial charge in [-0.15, -0.1) is 0 Å². The lowest BCUT2D eigenvalue weighted by molar-refractivity contribution is -0.136. The monoisotopic (exact) mass is 300 g/mol. The molecule has 2 fully saturated rings. The van der Waals surface area contributed by atoms with E-state index in [0.717, 1.165) is 31.6 Å². The third-order valence-corrected chi connectivity index (χ3v) is 4.38. The number of nitrogens with zero attached hydrogens (tertiary/aromatic N) is 3. The van der Waals surface area contributed by atoms with Gasteiger partial charge in [0, 0.05) is 50.2 Å². The molecule has 6 heteroatoms. The molecule has 0 unspecified atom stereocenters. The molecule has 0 radical (unpaired) electrons. The summed E-state index contributed by atoms with van der Waals surface area (Å²) in [6.07, 6.45) is 5.29. The van der Waals surface area contributed by atoms with Crippen molar-refractivity contribution in [2.24, 2.45) is 5.92 Å². The van der Waals surface area contributed by atoms with Crippen LogP contribution in [0.3, 0.4) is 0 Å². The van der Waals surface area contributed by atoms with Gasteiger partial charge in [-0.05, 0) is 25.0 Å². The number of anilines is 1. The standard InChI is InChI=1S/C16H20N4O2/c21-12-14-11-20(10-7-18-14)16(22)13-3-8-19(9-4-13)15-1-5-17-6-2-15/h1-2,5-6,13,18H,3-4,7-11H2. The normalized spacial score (nSPS) is 19.5. The van der Waals surface area contributed by atoms with E-state index in [1.165, 1.54) is 0 Å². The van der Waals surface area contributed by atoms with Gasteiger partial charge in [-0.3, -0.25) is 9.78 Å². The van der Waals surface area contributed by atoms with Crippen LogP contribution in [0.4, 0.5) is 5.69 Å². The summed E-state index contributed by atoms with van der Waals surface area (Å²) in [6.45, 7) is 3.42. The Morgan fingerprint density at radius 2 is 1.95 bits per heavy atom. The van der Waals surface area contributed by atoms with E-state index in [1.807, 2.05) is 18.1 Å². The molecule has 0 bridgehead atoms. The summed E-state index contributed by atoms with van der Waals surface area (Å²) in [7, 11) is 0. The molecule has 0 atom stereocenters. The van der Waals surface area contributed by atoms with Crippen molar-refractivity contribution in [3.05, 3.63) is 30.2 Å². The fourth-order valence-corrected chi connectivity index (χ4v) is 3.12. The molecule has 6 nitrogen and oxygen atoms in total. The predicted molar refractivity (Wildman–Crippen MR) is 83.0 cm³/mol. The summed E-state index contributed by atoms with van der Waals surface area (Å²) in [5.74, 6) is 2.10. The van der Waals surface area contributed by atoms with Gasteiger partial charge in [-0.25, -0.2) is 4.79 Å². The summed E-state index contributed by atoms with van der Waals surface area (Å²) < 4.78 is 0. The average molecular weight is 300 g/mol. The molecule has 1 aromatic rings. The van der Waals surface area contributed by atoms with Crippen molar-refractivity contribution in [2.75, 3.05) is 37.6 Å². The van der Waals surface area contributed by atoms with Crippen molar-refractivity contribution in [1.29, 1.82) is 0 Å². The van der Waals surface area contributed by atoms with Crippen molar-refractivity contribution in [1.82, 2.24) is 15.2 Å². The van der Waals surface area contributed by atoms with E-state index >= 15 is 0 Å². The first-order chi connectivity index (χ1) is 10.8. The van der Waals surface area contributed by atoms with Crippen molar-refractivity contribution >= 4 is 17.5 Å². The molecule has 0 aromatic carbocycles. The van der Waals surface area contributed by atoms with E-state index < -0.39 is 0 Å². The number of amides is 1. The molecule has 0 spiro atoms. The molecule has 2 aliphatic rings. The number of piperazine rings is 1. The Balaban J connectivity index is 1.57. The second-order valence-electron chi connectivity index (χ2n) is 5.73. The number of pyridine rings is 1. The van der Waals surface area contributed by atoms with Gasteiger partial charge >= 0.3 is 0 Å². The van der Waals surface area contributed by atoms with Crippen molar-refractivity contribution in [2.45, 2.75) is 12.8 Å². The van der Waals surface area contributed by atoms with Gasteiger partial charge < -0.3 is 15.1 Å². The van der Waals surface area contributed by atoms with Crippen LogP contribution in [0, 0.1) is 5.92 Å². The first-order valence-corrected chi connectivity index (χ1v) is 7.69. The molecule has 3 heterocycles. The van der Waals surface area contributed by atoms with Crippen LogP contribution in [0.15, 0.2) is 30.2 Å². The molecular formula is C16H20N4O2. The number of piperidine rings is 1. The highest BCUT2D eigenvalue weighted by molar-refractivity contribution is 5.80. The largest absolute Gasteiger partial charge is 0.376 e. The van der Waals surface area contributed by atoms with Crippen LogP contribution < -0.4 is 10.2 Å². The average Bonchev–Trinajstić information content (AvgIpc) is 2.62. The zero-order valence-corrected chi connectivity index (χ0v) is 12.5. The van der Waals surface area contributed by atoms with E-state index in [4.69, 9.17) is 0 Å². The lowest BCUT2D eigenvalue weighted by Gasteiger charge is -2.36. The first-order valence-electron chi connectivity index (χ1n) is 7.69. The van der Waals surface area contributed by atoms with Crippen LogP contribution in [-0.2, 0) is 9.59 Å². The van der Waals surface area contributed by atoms with Crippen LogP contribution in [-0.4, -0.2) is 54.5 Å². The fourth-order valence-electron chi connectivity index (χ4n) is 3.12. The van der Waals surface area contributed by atoms with E-state index in [-0.39, 0.29) is 11.8 Å². The third-order valence-electron chi connectivity index (χ3n) is 4.38. The number of hydrogen-bond donors (Lipinski definition) is 1. The van der Waals surface area contributed by atoms with Crippen LogP contribution in [0.2, 0.25) is 0 Å². The van der Waals surface area contributed by atoms with Crippen molar-refractivity contribution in [3.8, 4) is 0 Å². The number of carbonyl (C=O) groups excluding carboxylic acids is 2. The van der Waals surface area contributed by atoms with Gasteiger partial charge in [0.2, 0.25) is 5.91 Å². The van der Waals surface area contributed by atoms with Crippen molar-refractivity contribution < 1.29 is 9.59 Å². The molecule has 0 saturated carbocycles. The summed E-state index contributed by atoms with van der Waals surface area (Å²) in [5.41, 5.74) is 1.64. The number of aromatic nitrogens is 1. The number of rotatable bonds is 2. The third kappa shape index (κ3) is 3.12. The number of nitrogens with one attached hydrogen (secondary N) is 1. The van der Waals surface area contributed by atoms with E-state index in [0.29, 0.717) is 25.3 Å². The Hall–Kier alpha value is -2.33. The lowest BCUT2D eigenvalue weighted by atomic mass is 9.94. The Morgan fingerprint density at radius 3 is 2.64 bits per heavy atom. The van der Waals surface area contributed by atoms with E-state index in [1.54, 1.807) is 17.3 Å². The maximum Gasteiger partial charge on any atom is 0.226 e. The maximum atomic E-state index is 12.6. The molecule has 1 N–H and O–H groups in total. The molecule has 116 valence electrons. The molecule has 1 amide bonds. The zero-order chi connectivity index (χ0) is 15.4. The lowest BCUT2D eigenvalue weighted by Crippen LogP contribution is -2.49. The van der Waals surface area contributed by atoms with Crippen LogP contribution in [0.1, 0.15) is 12.8 Å². The van der Waals surface area contributed by atoms with Crippen LogP contribution in [0.25, 0.3) is 0 Å². The highest BCUT2D eigenvalue weighted by Crippen LogP contribution is 2.24. The smallest absolute Gasteiger partial charge is 0.226 e. The fraction of sp³-hybridized carbons (Fsp3) is 0.500. The molecule has 0 aliphatic carbocycles. The van der Waals surface area contributed by atoms with Gasteiger partial charge in [0.1, 0.15) is 11.6 Å². The SMILES string of the molecule is O=C=C1CN(C(=O)C2CCN(c3ccncc3)CC2)CCN1. The summed E-state index contributed by atoms with van der Waals surface area (Å²) >= 11 is 0.